The summed E-state index contributed by atoms with van der Waals surface area (Å²) in [5, 5.41) is 19.4. The molecular formula is C43H67N5O12. The summed E-state index contributed by atoms with van der Waals surface area (Å²) in [7, 11) is 0. The quantitative estimate of drug-likeness (QED) is 0.0254. The molecule has 0 aromatic heterocycles. The van der Waals surface area contributed by atoms with E-state index in [1.54, 1.807) is 45.0 Å². The van der Waals surface area contributed by atoms with Crippen LogP contribution in [-0.2, 0) is 54.4 Å². The van der Waals surface area contributed by atoms with Gasteiger partial charge in [0.15, 0.2) is 0 Å². The lowest BCUT2D eigenvalue weighted by Crippen LogP contribution is -2.55. The molecule has 0 spiro atoms. The van der Waals surface area contributed by atoms with E-state index in [1.807, 2.05) is 6.07 Å². The topological polar surface area (TPSA) is 259 Å². The third-order valence-electron chi connectivity index (χ3n) is 9.22. The molecule has 60 heavy (non-hydrogen) atoms. The number of esters is 2. The van der Waals surface area contributed by atoms with Crippen LogP contribution in [-0.4, -0.2) is 90.1 Å². The molecule has 0 radical (unpaired) electrons. The van der Waals surface area contributed by atoms with Crippen molar-refractivity contribution in [2.45, 2.75) is 155 Å². The molecule has 1 rings (SSSR count). The molecule has 5 amide bonds. The fourth-order valence-corrected chi connectivity index (χ4v) is 5.98. The zero-order valence-corrected chi connectivity index (χ0v) is 35.7. The van der Waals surface area contributed by atoms with Crippen molar-refractivity contribution in [3.8, 4) is 0 Å². The molecule has 0 aliphatic carbocycles. The number of nitrogens with one attached hydrogen (secondary N) is 4. The minimum Gasteiger partial charge on any atom is -0.481 e. The number of ether oxygens (including phenoxy) is 3. The summed E-state index contributed by atoms with van der Waals surface area (Å²) in [5.41, 5.74) is 5.97. The van der Waals surface area contributed by atoms with Crippen molar-refractivity contribution in [1.82, 2.24) is 21.3 Å². The first-order chi connectivity index (χ1) is 28.7. The Kier molecular flexibility index (Phi) is 27.5. The molecule has 0 aliphatic heterocycles. The van der Waals surface area contributed by atoms with Gasteiger partial charge < -0.3 is 46.3 Å². The zero-order chi connectivity index (χ0) is 44.7. The number of hydrogen-bond acceptors (Lipinski definition) is 11. The molecule has 7 N–H and O–H groups in total. The van der Waals surface area contributed by atoms with Gasteiger partial charge in [0.2, 0.25) is 23.6 Å². The lowest BCUT2D eigenvalue weighted by Gasteiger charge is -2.24. The number of unbranched alkanes of at least 4 members (excludes halogenated alkanes) is 8. The molecule has 0 bridgehead atoms. The third-order valence-corrected chi connectivity index (χ3v) is 9.22. The van der Waals surface area contributed by atoms with Crippen molar-refractivity contribution >= 4 is 47.6 Å². The summed E-state index contributed by atoms with van der Waals surface area (Å²) in [6.07, 6.45) is 9.86. The van der Waals surface area contributed by atoms with E-state index in [0.717, 1.165) is 31.2 Å². The summed E-state index contributed by atoms with van der Waals surface area (Å²) in [5.74, 6) is -5.94. The molecule has 1 aromatic carbocycles. The molecule has 0 heterocycles. The monoisotopic (exact) mass is 845 g/mol. The van der Waals surface area contributed by atoms with Crippen LogP contribution >= 0.6 is 0 Å². The Morgan fingerprint density at radius 1 is 0.750 bits per heavy atom. The molecule has 17 nitrogen and oxygen atoms in total. The number of alkyl carbamates (subject to hydrolysis) is 1. The van der Waals surface area contributed by atoms with Gasteiger partial charge in [-0.15, -0.1) is 0 Å². The Labute approximate surface area is 353 Å². The molecule has 4 atom stereocenters. The summed E-state index contributed by atoms with van der Waals surface area (Å²) >= 11 is 0. The van der Waals surface area contributed by atoms with E-state index in [-0.39, 0.29) is 45.4 Å². The second-order valence-corrected chi connectivity index (χ2v) is 14.8. The van der Waals surface area contributed by atoms with E-state index in [2.05, 4.69) is 28.2 Å². The van der Waals surface area contributed by atoms with Crippen LogP contribution in [0.5, 0.6) is 0 Å². The van der Waals surface area contributed by atoms with Crippen LogP contribution in [0.15, 0.2) is 42.5 Å². The molecule has 0 aliphatic rings. The van der Waals surface area contributed by atoms with Gasteiger partial charge in [-0.25, -0.2) is 9.59 Å². The van der Waals surface area contributed by atoms with Gasteiger partial charge in [0.1, 0.15) is 30.8 Å². The number of rotatable bonds is 32. The maximum absolute atomic E-state index is 13.1. The fourth-order valence-electron chi connectivity index (χ4n) is 5.98. The fraction of sp³-hybridized carbons (Fsp3) is 0.628. The molecule has 4 unspecified atom stereocenters. The van der Waals surface area contributed by atoms with Crippen LogP contribution in [0, 0.1) is 5.92 Å². The van der Waals surface area contributed by atoms with Crippen LogP contribution in [0.2, 0.25) is 0 Å². The van der Waals surface area contributed by atoms with Gasteiger partial charge in [-0.1, -0.05) is 115 Å². The van der Waals surface area contributed by atoms with Crippen molar-refractivity contribution in [2.75, 3.05) is 13.2 Å². The van der Waals surface area contributed by atoms with Gasteiger partial charge in [0.05, 0.1) is 25.9 Å². The number of carbonyl (C=O) groups is 8. The Hall–Kier alpha value is -5.48. The third kappa shape index (κ3) is 25.1. The Morgan fingerprint density at radius 3 is 2.00 bits per heavy atom. The second-order valence-electron chi connectivity index (χ2n) is 14.8. The number of carbonyl (C=O) groups excluding carboxylic acids is 7. The van der Waals surface area contributed by atoms with Crippen molar-refractivity contribution in [1.29, 1.82) is 0 Å². The molecule has 0 saturated carbocycles. The Bertz CT molecular complexity index is 1520. The van der Waals surface area contributed by atoms with Gasteiger partial charge in [0, 0.05) is 13.0 Å². The van der Waals surface area contributed by atoms with E-state index in [9.17, 15) is 43.5 Å². The summed E-state index contributed by atoms with van der Waals surface area (Å²) in [6.45, 7) is 7.02. The number of hydrogen-bond donors (Lipinski definition) is 6. The van der Waals surface area contributed by atoms with E-state index in [0.29, 0.717) is 12.8 Å². The predicted octanol–water partition coefficient (Wildman–Crippen LogP) is 4.50. The molecule has 0 fully saturated rings. The highest BCUT2D eigenvalue weighted by Crippen LogP contribution is 2.16. The van der Waals surface area contributed by atoms with E-state index >= 15 is 0 Å². The maximum atomic E-state index is 13.1. The van der Waals surface area contributed by atoms with Crippen LogP contribution < -0.4 is 27.0 Å². The minimum absolute atomic E-state index is 0.0365. The predicted molar refractivity (Wildman–Crippen MR) is 223 cm³/mol. The maximum Gasteiger partial charge on any atom is 0.408 e. The zero-order valence-electron chi connectivity index (χ0n) is 35.7. The highest BCUT2D eigenvalue weighted by atomic mass is 16.6. The number of benzene rings is 1. The summed E-state index contributed by atoms with van der Waals surface area (Å²) in [6, 6.07) is 5.18. The SMILES string of the molecule is CCCCCCCCCCCC(CC(=O)NC(CCC(N)=O)C(=O)OCC)OC(=O)C/C=C/CNC(=O)C(CC(=O)O)NC(=O)C(NC(=O)OCc1ccccc1)C(C)C. The average molecular weight is 846 g/mol. The van der Waals surface area contributed by atoms with Crippen molar-refractivity contribution < 1.29 is 57.7 Å². The normalized spacial score (nSPS) is 13.0. The van der Waals surface area contributed by atoms with E-state index < -0.39 is 84.2 Å². The number of carboxylic acids is 1. The van der Waals surface area contributed by atoms with Crippen molar-refractivity contribution in [3.63, 3.8) is 0 Å². The van der Waals surface area contributed by atoms with Gasteiger partial charge in [0.25, 0.3) is 0 Å². The lowest BCUT2D eigenvalue weighted by atomic mass is 10.0. The Morgan fingerprint density at radius 2 is 1.40 bits per heavy atom. The molecule has 0 saturated heterocycles. The van der Waals surface area contributed by atoms with Crippen LogP contribution in [0.3, 0.4) is 0 Å². The van der Waals surface area contributed by atoms with Gasteiger partial charge in [-0.05, 0) is 37.7 Å². The Balaban J connectivity index is 2.80. The molecule has 17 heteroatoms. The smallest absolute Gasteiger partial charge is 0.408 e. The van der Waals surface area contributed by atoms with Gasteiger partial charge >= 0.3 is 24.0 Å². The largest absolute Gasteiger partial charge is 0.481 e. The average Bonchev–Trinajstić information content (AvgIpc) is 3.19. The first kappa shape index (κ1) is 52.5. The van der Waals surface area contributed by atoms with Gasteiger partial charge in [-0.3, -0.25) is 28.8 Å². The molecule has 1 aromatic rings. The number of aliphatic carboxylic acids is 1. The van der Waals surface area contributed by atoms with Gasteiger partial charge in [-0.2, -0.15) is 0 Å². The highest BCUT2D eigenvalue weighted by molar-refractivity contribution is 5.93. The second kappa shape index (κ2) is 31.4. The van der Waals surface area contributed by atoms with E-state index in [1.165, 1.54) is 37.8 Å². The number of amides is 5. The lowest BCUT2D eigenvalue weighted by molar-refractivity contribution is -0.152. The van der Waals surface area contributed by atoms with Crippen LogP contribution in [0.4, 0.5) is 4.79 Å². The number of primary amides is 1. The first-order valence-corrected chi connectivity index (χ1v) is 21.0. The summed E-state index contributed by atoms with van der Waals surface area (Å²) < 4.78 is 15.9. The number of nitrogens with two attached hydrogens (primary N) is 1. The minimum atomic E-state index is -1.48. The summed E-state index contributed by atoms with van der Waals surface area (Å²) in [4.78, 5) is 99.8. The number of carboxylic acid groups (broad SMARTS) is 1. The highest BCUT2D eigenvalue weighted by Gasteiger charge is 2.30. The first-order valence-electron chi connectivity index (χ1n) is 21.0. The van der Waals surface area contributed by atoms with Crippen LogP contribution in [0.25, 0.3) is 0 Å². The van der Waals surface area contributed by atoms with Crippen molar-refractivity contribution in [2.24, 2.45) is 11.7 Å². The molecular weight excluding hydrogens is 778 g/mol. The van der Waals surface area contributed by atoms with E-state index in [4.69, 9.17) is 19.9 Å². The van der Waals surface area contributed by atoms with Crippen molar-refractivity contribution in [3.05, 3.63) is 48.0 Å². The standard InChI is InChI=1S/C43H67N5O12/c1-5-7-8-9-10-11-12-13-17-22-32(27-36(50)46-33(24-25-35(44)49)42(56)58-6-2)60-38(53)23-18-19-26-45-40(54)34(28-37(51)52)47-41(55)39(30(3)4)48-43(57)59-29-31-20-15-14-16-21-31/h14-16,18-21,30,32-34,39H,5-13,17,22-29H2,1-4H3,(H2,44,49)(H,45,54)(H,46,50)(H,47,55)(H,48,57)(H,51,52)/b19-18+. The van der Waals surface area contributed by atoms with Crippen LogP contribution in [0.1, 0.15) is 130 Å². The molecule has 336 valence electrons.